The van der Waals surface area contributed by atoms with Crippen LogP contribution in [0.25, 0.3) is 0 Å². The maximum absolute atomic E-state index is 12.6. The molecule has 0 saturated carbocycles. The van der Waals surface area contributed by atoms with Gasteiger partial charge in [-0.25, -0.2) is 9.59 Å². The van der Waals surface area contributed by atoms with Gasteiger partial charge in [-0.15, -0.1) is 11.3 Å². The van der Waals surface area contributed by atoms with E-state index < -0.39 is 12.0 Å². The van der Waals surface area contributed by atoms with Gasteiger partial charge in [-0.1, -0.05) is 23.2 Å². The molecule has 28 heavy (non-hydrogen) atoms. The number of halogens is 2. The third-order valence-corrected chi connectivity index (χ3v) is 6.25. The topological polar surface area (TPSA) is 76.7 Å². The number of benzene rings is 1. The third kappa shape index (κ3) is 4.97. The third-order valence-electron chi connectivity index (χ3n) is 4.30. The molecule has 0 bridgehead atoms. The Morgan fingerprint density at radius 3 is 2.64 bits per heavy atom. The Morgan fingerprint density at radius 1 is 1.11 bits per heavy atom. The first-order chi connectivity index (χ1) is 13.5. The zero-order valence-corrected chi connectivity index (χ0v) is 17.6. The highest BCUT2D eigenvalue weighted by atomic mass is 35.5. The van der Waals surface area contributed by atoms with Crippen LogP contribution in [0.4, 0.5) is 15.5 Å². The summed E-state index contributed by atoms with van der Waals surface area (Å²) in [6.07, 6.45) is 3.78. The van der Waals surface area contributed by atoms with Gasteiger partial charge >= 0.3 is 12.0 Å². The molecule has 0 aliphatic heterocycles. The first kappa shape index (κ1) is 20.9. The van der Waals surface area contributed by atoms with Crippen LogP contribution in [0.3, 0.4) is 0 Å². The smallest absolute Gasteiger partial charge is 0.341 e. The minimum Gasteiger partial charge on any atom is -0.460 e. The van der Waals surface area contributed by atoms with Crippen LogP contribution >= 0.6 is 34.5 Å². The van der Waals surface area contributed by atoms with Crippen LogP contribution in [0, 0.1) is 0 Å². The molecule has 9 heteroatoms. The Bertz CT molecular complexity index is 885. The summed E-state index contributed by atoms with van der Waals surface area (Å²) in [6.45, 7) is 0.480. The van der Waals surface area contributed by atoms with Gasteiger partial charge in [-0.05, 0) is 49.4 Å². The van der Waals surface area contributed by atoms with E-state index in [1.54, 1.807) is 25.3 Å². The predicted octanol–water partition coefficient (Wildman–Crippen LogP) is 5.38. The minimum absolute atomic E-state index is 0.162. The van der Waals surface area contributed by atoms with E-state index >= 15 is 0 Å². The average molecular weight is 443 g/mol. The molecule has 0 saturated heterocycles. The lowest BCUT2D eigenvalue weighted by Gasteiger charge is -2.13. The number of carbonyl (C=O) groups excluding carboxylic acids is 2. The van der Waals surface area contributed by atoms with Crippen LogP contribution < -0.4 is 10.6 Å². The lowest BCUT2D eigenvalue weighted by atomic mass is 9.95. The molecule has 1 aromatic carbocycles. The molecule has 2 aromatic rings. The number of urea groups is 1. The molecule has 6 nitrogen and oxygen atoms in total. The number of amides is 2. The summed E-state index contributed by atoms with van der Waals surface area (Å²) in [5.74, 6) is -0.443. The fraction of sp³-hybridized carbons (Fsp3) is 0.368. The molecule has 1 aliphatic carbocycles. The monoisotopic (exact) mass is 442 g/mol. The Hall–Kier alpha value is -1.80. The molecule has 150 valence electrons. The van der Waals surface area contributed by atoms with E-state index in [-0.39, 0.29) is 6.61 Å². The van der Waals surface area contributed by atoms with Crippen molar-refractivity contribution in [2.45, 2.75) is 25.7 Å². The van der Waals surface area contributed by atoms with Crippen molar-refractivity contribution in [2.75, 3.05) is 31.0 Å². The number of esters is 1. The number of hydrogen-bond acceptors (Lipinski definition) is 5. The fourth-order valence-corrected chi connectivity index (χ4v) is 4.57. The van der Waals surface area contributed by atoms with Gasteiger partial charge in [0.15, 0.2) is 0 Å². The van der Waals surface area contributed by atoms with Crippen LogP contribution in [-0.4, -0.2) is 32.3 Å². The van der Waals surface area contributed by atoms with Gasteiger partial charge in [0.05, 0.1) is 22.2 Å². The number of anilines is 2. The Labute approximate surface area is 177 Å². The van der Waals surface area contributed by atoms with Gasteiger partial charge in [-0.2, -0.15) is 0 Å². The largest absolute Gasteiger partial charge is 0.460 e. The van der Waals surface area contributed by atoms with Crippen molar-refractivity contribution >= 4 is 57.2 Å². The lowest BCUT2D eigenvalue weighted by Crippen LogP contribution is -2.21. The number of ether oxygens (including phenoxy) is 2. The van der Waals surface area contributed by atoms with Crippen molar-refractivity contribution < 1.29 is 19.1 Å². The van der Waals surface area contributed by atoms with Gasteiger partial charge in [-0.3, -0.25) is 5.32 Å². The molecule has 1 heterocycles. The number of nitrogens with one attached hydrogen (secondary N) is 2. The summed E-state index contributed by atoms with van der Waals surface area (Å²) in [5.41, 5.74) is 1.92. The highest BCUT2D eigenvalue weighted by Crippen LogP contribution is 2.38. The van der Waals surface area contributed by atoms with Gasteiger partial charge < -0.3 is 14.8 Å². The van der Waals surface area contributed by atoms with Crippen molar-refractivity contribution in [1.82, 2.24) is 0 Å². The maximum atomic E-state index is 12.6. The van der Waals surface area contributed by atoms with E-state index in [0.29, 0.717) is 32.9 Å². The molecular weight excluding hydrogens is 423 g/mol. The molecule has 1 aromatic heterocycles. The number of fused-ring (bicyclic) bond motifs is 1. The number of carbonyl (C=O) groups is 2. The second-order valence-electron chi connectivity index (χ2n) is 6.25. The van der Waals surface area contributed by atoms with Crippen molar-refractivity contribution in [2.24, 2.45) is 0 Å². The summed E-state index contributed by atoms with van der Waals surface area (Å²) in [5, 5.41) is 6.72. The van der Waals surface area contributed by atoms with Crippen molar-refractivity contribution in [1.29, 1.82) is 0 Å². The van der Waals surface area contributed by atoms with E-state index in [0.717, 1.165) is 36.1 Å². The molecule has 0 unspecified atom stereocenters. The molecular formula is C19H20Cl2N2O4S. The SMILES string of the molecule is COCCOC(=O)c1c(NC(=O)Nc2ccc(Cl)c(Cl)c2)sc2c1CCCC2. The van der Waals surface area contributed by atoms with Crippen LogP contribution in [0.2, 0.25) is 10.0 Å². The molecule has 0 spiro atoms. The van der Waals surface area contributed by atoms with Crippen molar-refractivity contribution in [3.05, 3.63) is 44.2 Å². The van der Waals surface area contributed by atoms with Gasteiger partial charge in [0.2, 0.25) is 0 Å². The number of aryl methyl sites for hydroxylation is 1. The maximum Gasteiger partial charge on any atom is 0.341 e. The number of thiophene rings is 1. The lowest BCUT2D eigenvalue weighted by molar-refractivity contribution is 0.0388. The second-order valence-corrected chi connectivity index (χ2v) is 8.17. The van der Waals surface area contributed by atoms with Gasteiger partial charge in [0, 0.05) is 17.7 Å². The Morgan fingerprint density at radius 2 is 1.89 bits per heavy atom. The van der Waals surface area contributed by atoms with Gasteiger partial charge in [0.1, 0.15) is 11.6 Å². The van der Waals surface area contributed by atoms with Crippen molar-refractivity contribution in [3.63, 3.8) is 0 Å². The summed E-state index contributed by atoms with van der Waals surface area (Å²) < 4.78 is 10.2. The quantitative estimate of drug-likeness (QED) is 0.464. The van der Waals surface area contributed by atoms with Crippen LogP contribution in [-0.2, 0) is 22.3 Å². The van der Waals surface area contributed by atoms with Crippen LogP contribution in [0.1, 0.15) is 33.6 Å². The summed E-state index contributed by atoms with van der Waals surface area (Å²) in [4.78, 5) is 26.2. The first-order valence-electron chi connectivity index (χ1n) is 8.83. The average Bonchev–Trinajstić information content (AvgIpc) is 3.02. The molecule has 2 amide bonds. The van der Waals surface area contributed by atoms with E-state index in [1.807, 2.05) is 0 Å². The Kier molecular flexibility index (Phi) is 7.18. The molecule has 0 fully saturated rings. The normalized spacial score (nSPS) is 13.0. The Balaban J connectivity index is 1.78. The fourth-order valence-electron chi connectivity index (χ4n) is 3.00. The molecule has 3 rings (SSSR count). The number of methoxy groups -OCH3 is 1. The number of rotatable bonds is 6. The summed E-state index contributed by atoms with van der Waals surface area (Å²) in [6, 6.07) is 4.33. The van der Waals surface area contributed by atoms with Crippen molar-refractivity contribution in [3.8, 4) is 0 Å². The summed E-state index contributed by atoms with van der Waals surface area (Å²) in [7, 11) is 1.54. The minimum atomic E-state index is -0.470. The second kappa shape index (κ2) is 9.60. The molecule has 0 atom stereocenters. The highest BCUT2D eigenvalue weighted by molar-refractivity contribution is 7.17. The first-order valence-corrected chi connectivity index (χ1v) is 10.4. The van der Waals surface area contributed by atoms with Crippen LogP contribution in [0.5, 0.6) is 0 Å². The zero-order chi connectivity index (χ0) is 20.1. The predicted molar refractivity (Wildman–Crippen MR) is 112 cm³/mol. The zero-order valence-electron chi connectivity index (χ0n) is 15.3. The highest BCUT2D eigenvalue weighted by Gasteiger charge is 2.27. The van der Waals surface area contributed by atoms with E-state index in [2.05, 4.69) is 10.6 Å². The van der Waals surface area contributed by atoms with E-state index in [9.17, 15) is 9.59 Å². The van der Waals surface area contributed by atoms with E-state index in [1.165, 1.54) is 11.3 Å². The van der Waals surface area contributed by atoms with Gasteiger partial charge in [0.25, 0.3) is 0 Å². The molecule has 0 radical (unpaired) electrons. The van der Waals surface area contributed by atoms with Crippen LogP contribution in [0.15, 0.2) is 18.2 Å². The standard InChI is InChI=1S/C19H20Cl2N2O4S/c1-26-8-9-27-18(24)16-12-4-2-3-5-15(12)28-17(16)23-19(25)22-11-6-7-13(20)14(21)10-11/h6-7,10H,2-5,8-9H2,1H3,(H2,22,23,25). The van der Waals surface area contributed by atoms with E-state index in [4.69, 9.17) is 32.7 Å². The molecule has 1 aliphatic rings. The number of hydrogen-bond donors (Lipinski definition) is 2. The summed E-state index contributed by atoms with van der Waals surface area (Å²) >= 11 is 13.3. The molecule has 2 N–H and O–H groups in total.